The minimum atomic E-state index is -1.13. The summed E-state index contributed by atoms with van der Waals surface area (Å²) in [5.41, 5.74) is 6.57. The first-order valence-corrected chi connectivity index (χ1v) is 9.01. The third kappa shape index (κ3) is 5.17. The van der Waals surface area contributed by atoms with Crippen LogP contribution in [0.5, 0.6) is 0 Å². The van der Waals surface area contributed by atoms with Gasteiger partial charge in [-0.05, 0) is 24.3 Å². The Morgan fingerprint density at radius 3 is 2.70 bits per heavy atom. The number of benzene rings is 1. The Balaban J connectivity index is 1.95. The van der Waals surface area contributed by atoms with Gasteiger partial charge in [0.1, 0.15) is 11.6 Å². The highest BCUT2D eigenvalue weighted by molar-refractivity contribution is 6.31. The Hall–Kier alpha value is -3.79. The zero-order chi connectivity index (χ0) is 21.7. The summed E-state index contributed by atoms with van der Waals surface area (Å²) in [6.45, 7) is 0.202. The van der Waals surface area contributed by atoms with Gasteiger partial charge in [0, 0.05) is 48.4 Å². The van der Waals surface area contributed by atoms with E-state index in [9.17, 15) is 19.1 Å². The average Bonchev–Trinajstić information content (AvgIpc) is 2.71. The molecule has 0 aliphatic heterocycles. The molecule has 0 spiro atoms. The van der Waals surface area contributed by atoms with E-state index in [1.807, 2.05) is 0 Å². The zero-order valence-corrected chi connectivity index (χ0v) is 16.2. The highest BCUT2D eigenvalue weighted by Gasteiger charge is 2.13. The number of nitrogens with zero attached hydrogens (tertiary/aromatic N) is 3. The topological polar surface area (TPSA) is 143 Å². The second-order valence-electron chi connectivity index (χ2n) is 6.12. The van der Waals surface area contributed by atoms with Gasteiger partial charge in [-0.15, -0.1) is 0 Å². The van der Waals surface area contributed by atoms with Crippen molar-refractivity contribution < 1.29 is 19.1 Å². The van der Waals surface area contributed by atoms with Crippen LogP contribution in [0.15, 0.2) is 42.9 Å². The lowest BCUT2D eigenvalue weighted by Crippen LogP contribution is -2.17. The SMILES string of the molecule is NC(=O)CCNc1nc(Nc2ccc(F)c(Cl)c2)ncc1-c1cncc(C(=O)O)c1. The van der Waals surface area contributed by atoms with Gasteiger partial charge >= 0.3 is 5.97 Å². The van der Waals surface area contributed by atoms with E-state index < -0.39 is 17.7 Å². The second kappa shape index (κ2) is 9.14. The first kappa shape index (κ1) is 20.9. The van der Waals surface area contributed by atoms with E-state index >= 15 is 0 Å². The molecule has 3 aromatic rings. The van der Waals surface area contributed by atoms with Gasteiger partial charge < -0.3 is 21.5 Å². The Morgan fingerprint density at radius 2 is 2.00 bits per heavy atom. The first-order valence-electron chi connectivity index (χ1n) is 8.63. The van der Waals surface area contributed by atoms with Crippen LogP contribution in [0.1, 0.15) is 16.8 Å². The van der Waals surface area contributed by atoms with E-state index in [1.54, 1.807) is 0 Å². The van der Waals surface area contributed by atoms with Crippen LogP contribution in [0.2, 0.25) is 5.02 Å². The molecule has 1 amide bonds. The number of carboxylic acids is 1. The highest BCUT2D eigenvalue weighted by atomic mass is 35.5. The van der Waals surface area contributed by atoms with Crippen molar-refractivity contribution in [2.75, 3.05) is 17.2 Å². The van der Waals surface area contributed by atoms with Crippen LogP contribution in [-0.4, -0.2) is 38.5 Å². The molecular weight excluding hydrogens is 415 g/mol. The number of aromatic carboxylic acids is 1. The number of pyridine rings is 1. The van der Waals surface area contributed by atoms with Crippen molar-refractivity contribution in [2.24, 2.45) is 5.73 Å². The smallest absolute Gasteiger partial charge is 0.337 e. The summed E-state index contributed by atoms with van der Waals surface area (Å²) in [4.78, 5) is 34.8. The van der Waals surface area contributed by atoms with Crippen molar-refractivity contribution in [1.82, 2.24) is 15.0 Å². The first-order chi connectivity index (χ1) is 14.3. The van der Waals surface area contributed by atoms with Crippen molar-refractivity contribution >= 4 is 40.9 Å². The monoisotopic (exact) mass is 430 g/mol. The van der Waals surface area contributed by atoms with Crippen LogP contribution in [0, 0.1) is 5.82 Å². The zero-order valence-electron chi connectivity index (χ0n) is 15.4. The lowest BCUT2D eigenvalue weighted by molar-refractivity contribution is -0.117. The number of hydrogen-bond donors (Lipinski definition) is 4. The molecule has 11 heteroatoms. The lowest BCUT2D eigenvalue weighted by atomic mass is 10.1. The van der Waals surface area contributed by atoms with Crippen molar-refractivity contribution in [1.29, 1.82) is 0 Å². The van der Waals surface area contributed by atoms with Gasteiger partial charge in [0.15, 0.2) is 0 Å². The summed E-state index contributed by atoms with van der Waals surface area (Å²) in [7, 11) is 0. The van der Waals surface area contributed by atoms with Crippen molar-refractivity contribution in [3.8, 4) is 11.1 Å². The minimum absolute atomic E-state index is 0.00117. The summed E-state index contributed by atoms with van der Waals surface area (Å²) in [6, 6.07) is 5.49. The summed E-state index contributed by atoms with van der Waals surface area (Å²) in [6.07, 6.45) is 4.22. The van der Waals surface area contributed by atoms with Crippen LogP contribution in [0.3, 0.4) is 0 Å². The summed E-state index contributed by atoms with van der Waals surface area (Å²) in [5, 5.41) is 15.0. The minimum Gasteiger partial charge on any atom is -0.478 e. The number of aromatic nitrogens is 3. The van der Waals surface area contributed by atoms with Crippen molar-refractivity contribution in [3.63, 3.8) is 0 Å². The predicted molar refractivity (Wildman–Crippen MR) is 109 cm³/mol. The summed E-state index contributed by atoms with van der Waals surface area (Å²) < 4.78 is 13.3. The third-order valence-corrected chi connectivity index (χ3v) is 4.21. The number of rotatable bonds is 8. The van der Waals surface area contributed by atoms with E-state index in [0.29, 0.717) is 22.6 Å². The quantitative estimate of drug-likeness (QED) is 0.427. The fraction of sp³-hybridized carbons (Fsp3) is 0.105. The van der Waals surface area contributed by atoms with E-state index in [1.165, 1.54) is 42.9 Å². The molecule has 1 aromatic carbocycles. The number of primary amides is 1. The summed E-state index contributed by atoms with van der Waals surface area (Å²) >= 11 is 5.79. The second-order valence-corrected chi connectivity index (χ2v) is 6.53. The van der Waals surface area contributed by atoms with E-state index in [2.05, 4.69) is 25.6 Å². The molecule has 30 heavy (non-hydrogen) atoms. The molecule has 3 rings (SSSR count). The van der Waals surface area contributed by atoms with Gasteiger partial charge in [-0.2, -0.15) is 4.98 Å². The Labute approximate surface area is 175 Å². The summed E-state index contributed by atoms with van der Waals surface area (Å²) in [5.74, 6) is -1.68. The van der Waals surface area contributed by atoms with E-state index in [4.69, 9.17) is 17.3 Å². The van der Waals surface area contributed by atoms with Crippen LogP contribution < -0.4 is 16.4 Å². The van der Waals surface area contributed by atoms with Crippen molar-refractivity contribution in [2.45, 2.75) is 6.42 Å². The van der Waals surface area contributed by atoms with Gasteiger partial charge in [-0.25, -0.2) is 14.2 Å². The molecule has 9 nitrogen and oxygen atoms in total. The van der Waals surface area contributed by atoms with Crippen LogP contribution in [0.4, 0.5) is 21.8 Å². The Morgan fingerprint density at radius 1 is 1.20 bits per heavy atom. The van der Waals surface area contributed by atoms with Gasteiger partial charge in [-0.1, -0.05) is 11.6 Å². The number of amides is 1. The Bertz CT molecular complexity index is 1110. The molecule has 0 saturated heterocycles. The lowest BCUT2D eigenvalue weighted by Gasteiger charge is -2.13. The van der Waals surface area contributed by atoms with Crippen LogP contribution in [0.25, 0.3) is 11.1 Å². The van der Waals surface area contributed by atoms with Crippen molar-refractivity contribution in [3.05, 3.63) is 59.3 Å². The van der Waals surface area contributed by atoms with Gasteiger partial charge in [0.2, 0.25) is 11.9 Å². The number of anilines is 3. The number of halogens is 2. The van der Waals surface area contributed by atoms with Gasteiger partial charge in [0.25, 0.3) is 0 Å². The number of carbonyl (C=O) groups is 2. The highest BCUT2D eigenvalue weighted by Crippen LogP contribution is 2.28. The predicted octanol–water partition coefficient (Wildman–Crippen LogP) is 3.06. The number of hydrogen-bond acceptors (Lipinski definition) is 7. The number of nitrogens with two attached hydrogens (primary N) is 1. The molecule has 0 bridgehead atoms. The molecule has 5 N–H and O–H groups in total. The molecule has 2 aromatic heterocycles. The molecule has 0 saturated carbocycles. The maximum atomic E-state index is 13.3. The number of carbonyl (C=O) groups excluding carboxylic acids is 1. The fourth-order valence-electron chi connectivity index (χ4n) is 2.50. The third-order valence-electron chi connectivity index (χ3n) is 3.92. The Kier molecular flexibility index (Phi) is 6.38. The average molecular weight is 431 g/mol. The van der Waals surface area contributed by atoms with Gasteiger partial charge in [-0.3, -0.25) is 9.78 Å². The molecule has 0 unspecified atom stereocenters. The number of carboxylic acid groups (broad SMARTS) is 1. The molecule has 0 radical (unpaired) electrons. The van der Waals surface area contributed by atoms with E-state index in [-0.39, 0.29) is 29.5 Å². The van der Waals surface area contributed by atoms with Crippen LogP contribution >= 0.6 is 11.6 Å². The fourth-order valence-corrected chi connectivity index (χ4v) is 2.68. The van der Waals surface area contributed by atoms with E-state index in [0.717, 1.165) is 0 Å². The number of nitrogens with one attached hydrogen (secondary N) is 2. The molecule has 0 atom stereocenters. The van der Waals surface area contributed by atoms with Crippen LogP contribution in [-0.2, 0) is 4.79 Å². The molecule has 2 heterocycles. The standard InChI is InChI=1S/C19H16ClFN6O3/c20-14-6-12(1-2-15(14)21)26-19-25-9-13(17(27-19)24-4-3-16(22)28)10-5-11(18(29)30)8-23-7-10/h1-2,5-9H,3-4H2,(H2,22,28)(H,29,30)(H2,24,25,26,27). The molecule has 154 valence electrons. The maximum absolute atomic E-state index is 13.3. The molecule has 0 fully saturated rings. The normalized spacial score (nSPS) is 10.5. The molecular formula is C19H16ClFN6O3. The molecule has 0 aliphatic rings. The maximum Gasteiger partial charge on any atom is 0.337 e. The largest absolute Gasteiger partial charge is 0.478 e. The van der Waals surface area contributed by atoms with Gasteiger partial charge in [0.05, 0.1) is 10.6 Å². The molecule has 0 aliphatic carbocycles.